The van der Waals surface area contributed by atoms with Crippen molar-refractivity contribution in [3.8, 4) is 0 Å². The van der Waals surface area contributed by atoms with Crippen molar-refractivity contribution in [1.29, 1.82) is 0 Å². The lowest BCUT2D eigenvalue weighted by Crippen LogP contribution is -2.46. The quantitative estimate of drug-likeness (QED) is 0.672. The molecule has 2 aliphatic rings. The molecule has 0 aromatic heterocycles. The number of allylic oxidation sites excluding steroid dienone is 2. The molecule has 0 fully saturated rings. The monoisotopic (exact) mass is 222 g/mol. The molecule has 0 N–H and O–H groups in total. The third-order valence-corrected chi connectivity index (χ3v) is 3.58. The van der Waals surface area contributed by atoms with E-state index in [9.17, 15) is 4.79 Å². The first kappa shape index (κ1) is 11.6. The highest BCUT2D eigenvalue weighted by Crippen LogP contribution is 2.41. The maximum Gasteiger partial charge on any atom is 0.256 e. The summed E-state index contributed by atoms with van der Waals surface area (Å²) in [7, 11) is 3.06. The normalized spacial score (nSPS) is 28.2. The Kier molecular flexibility index (Phi) is 3.00. The van der Waals surface area contributed by atoms with Gasteiger partial charge in [-0.1, -0.05) is 13.0 Å². The van der Waals surface area contributed by atoms with Gasteiger partial charge in [-0.05, 0) is 36.8 Å². The zero-order chi connectivity index (χ0) is 11.8. The molecule has 0 heterocycles. The van der Waals surface area contributed by atoms with Gasteiger partial charge in [0.15, 0.2) is 0 Å². The first-order valence-electron chi connectivity index (χ1n) is 5.69. The Morgan fingerprint density at radius 2 is 2.00 bits per heavy atom. The molecule has 0 saturated heterocycles. The lowest BCUT2D eigenvalue weighted by atomic mass is 9.77. The van der Waals surface area contributed by atoms with E-state index in [0.29, 0.717) is 5.92 Å². The van der Waals surface area contributed by atoms with Crippen LogP contribution in [0.25, 0.3) is 0 Å². The second-order valence-electron chi connectivity index (χ2n) is 4.57. The first-order valence-corrected chi connectivity index (χ1v) is 5.69. The van der Waals surface area contributed by atoms with Gasteiger partial charge in [0.05, 0.1) is 0 Å². The predicted octanol–water partition coefficient (Wildman–Crippen LogP) is 2.23. The molecule has 88 valence electrons. The number of carbonyl (C=O) groups excluding carboxylic acids is 1. The van der Waals surface area contributed by atoms with Gasteiger partial charge in [-0.15, -0.1) is 0 Å². The molecule has 1 unspecified atom stereocenters. The molecule has 1 atom stereocenters. The zero-order valence-electron chi connectivity index (χ0n) is 10.1. The average Bonchev–Trinajstić information content (AvgIpc) is 2.30. The molecule has 0 radical (unpaired) electrons. The van der Waals surface area contributed by atoms with E-state index >= 15 is 0 Å². The maximum absolute atomic E-state index is 12.0. The topological polar surface area (TPSA) is 35.5 Å². The maximum atomic E-state index is 12.0. The van der Waals surface area contributed by atoms with Crippen LogP contribution in [0.15, 0.2) is 23.3 Å². The van der Waals surface area contributed by atoms with Gasteiger partial charge >= 0.3 is 0 Å². The average molecular weight is 222 g/mol. The van der Waals surface area contributed by atoms with Gasteiger partial charge in [-0.25, -0.2) is 0 Å². The summed E-state index contributed by atoms with van der Waals surface area (Å²) in [6, 6.07) is 0. The van der Waals surface area contributed by atoms with Crippen molar-refractivity contribution in [2.75, 3.05) is 14.2 Å². The summed E-state index contributed by atoms with van der Waals surface area (Å²) in [5, 5.41) is 0. The highest BCUT2D eigenvalue weighted by Gasteiger charge is 2.45. The smallest absolute Gasteiger partial charge is 0.256 e. The number of rotatable bonds is 2. The molecular weight excluding hydrogens is 204 g/mol. The Morgan fingerprint density at radius 1 is 1.31 bits per heavy atom. The molecule has 0 aromatic carbocycles. The molecule has 0 spiro atoms. The van der Waals surface area contributed by atoms with Gasteiger partial charge in [-0.2, -0.15) is 0 Å². The Morgan fingerprint density at radius 3 is 2.62 bits per heavy atom. The van der Waals surface area contributed by atoms with Crippen molar-refractivity contribution in [3.63, 3.8) is 0 Å². The number of hydrogen-bond donors (Lipinski definition) is 0. The molecular formula is C13H18O3. The summed E-state index contributed by atoms with van der Waals surface area (Å²) in [5.74, 6) is -0.674. The van der Waals surface area contributed by atoms with E-state index in [1.54, 1.807) is 6.08 Å². The zero-order valence-corrected chi connectivity index (χ0v) is 10.1. The molecule has 3 nitrogen and oxygen atoms in total. The fraction of sp³-hybridized carbons (Fsp3) is 0.615. The Labute approximate surface area is 96.1 Å². The van der Waals surface area contributed by atoms with E-state index < -0.39 is 5.79 Å². The lowest BCUT2D eigenvalue weighted by molar-refractivity contribution is -0.188. The van der Waals surface area contributed by atoms with Crippen molar-refractivity contribution in [2.24, 2.45) is 5.92 Å². The molecule has 16 heavy (non-hydrogen) atoms. The van der Waals surface area contributed by atoms with Gasteiger partial charge in [0.1, 0.15) is 0 Å². The number of methoxy groups -OCH3 is 2. The largest absolute Gasteiger partial charge is 0.343 e. The SMILES string of the molecule is COC1(OC)C(=O)C=CC2=C1CC(C)CC2. The van der Waals surface area contributed by atoms with Crippen molar-refractivity contribution in [1.82, 2.24) is 0 Å². The van der Waals surface area contributed by atoms with E-state index in [0.717, 1.165) is 18.4 Å². The van der Waals surface area contributed by atoms with Crippen LogP contribution < -0.4 is 0 Å². The second-order valence-corrected chi connectivity index (χ2v) is 4.57. The van der Waals surface area contributed by atoms with Crippen molar-refractivity contribution < 1.29 is 14.3 Å². The molecule has 0 saturated carbocycles. The molecule has 0 amide bonds. The summed E-state index contributed by atoms with van der Waals surface area (Å²) < 4.78 is 10.8. The Bertz CT molecular complexity index is 361. The van der Waals surface area contributed by atoms with Gasteiger partial charge in [-0.3, -0.25) is 4.79 Å². The van der Waals surface area contributed by atoms with Crippen LogP contribution in [0.3, 0.4) is 0 Å². The van der Waals surface area contributed by atoms with Crippen LogP contribution in [0.2, 0.25) is 0 Å². The minimum atomic E-state index is -1.15. The molecule has 2 rings (SSSR count). The van der Waals surface area contributed by atoms with Gasteiger partial charge in [0.25, 0.3) is 5.79 Å². The highest BCUT2D eigenvalue weighted by atomic mass is 16.7. The van der Waals surface area contributed by atoms with Crippen LogP contribution in [0.4, 0.5) is 0 Å². The third kappa shape index (κ3) is 1.55. The van der Waals surface area contributed by atoms with E-state index in [1.807, 2.05) is 6.08 Å². The Balaban J connectivity index is 2.47. The summed E-state index contributed by atoms with van der Waals surface area (Å²) >= 11 is 0. The van der Waals surface area contributed by atoms with Crippen molar-refractivity contribution >= 4 is 5.78 Å². The number of hydrogen-bond acceptors (Lipinski definition) is 3. The summed E-state index contributed by atoms with van der Waals surface area (Å²) in [6.07, 6.45) is 6.55. The standard InChI is InChI=1S/C13H18O3/c1-9-4-5-10-6-7-12(14)13(15-2,16-3)11(10)8-9/h6-7,9H,4-5,8H2,1-3H3. The van der Waals surface area contributed by atoms with E-state index in [-0.39, 0.29) is 5.78 Å². The Hall–Kier alpha value is -0.930. The minimum Gasteiger partial charge on any atom is -0.343 e. The molecule has 0 aromatic rings. The highest BCUT2D eigenvalue weighted by molar-refractivity contribution is 6.00. The second kappa shape index (κ2) is 4.15. The van der Waals surface area contributed by atoms with E-state index in [2.05, 4.69) is 6.92 Å². The predicted molar refractivity (Wildman–Crippen MR) is 60.9 cm³/mol. The van der Waals surface area contributed by atoms with Crippen LogP contribution in [0.5, 0.6) is 0 Å². The summed E-state index contributed by atoms with van der Waals surface area (Å²) in [6.45, 7) is 2.20. The van der Waals surface area contributed by atoms with E-state index in [1.165, 1.54) is 26.2 Å². The van der Waals surface area contributed by atoms with Crippen LogP contribution in [0, 0.1) is 5.92 Å². The van der Waals surface area contributed by atoms with Gasteiger partial charge in [0.2, 0.25) is 5.78 Å². The molecule has 2 aliphatic carbocycles. The number of ether oxygens (including phenoxy) is 2. The fourth-order valence-corrected chi connectivity index (χ4v) is 2.63. The van der Waals surface area contributed by atoms with Gasteiger partial charge in [0, 0.05) is 19.8 Å². The first-order chi connectivity index (χ1) is 7.64. The molecule has 3 heteroatoms. The minimum absolute atomic E-state index is 0.106. The summed E-state index contributed by atoms with van der Waals surface area (Å²) in [4.78, 5) is 12.0. The van der Waals surface area contributed by atoms with Gasteiger partial charge < -0.3 is 9.47 Å². The van der Waals surface area contributed by atoms with E-state index in [4.69, 9.17) is 9.47 Å². The molecule has 0 bridgehead atoms. The van der Waals surface area contributed by atoms with Crippen LogP contribution in [0.1, 0.15) is 26.2 Å². The summed E-state index contributed by atoms with van der Waals surface area (Å²) in [5.41, 5.74) is 2.23. The van der Waals surface area contributed by atoms with Crippen molar-refractivity contribution in [3.05, 3.63) is 23.3 Å². The fourth-order valence-electron chi connectivity index (χ4n) is 2.63. The number of carbonyl (C=O) groups is 1. The van der Waals surface area contributed by atoms with Crippen LogP contribution in [-0.4, -0.2) is 25.8 Å². The van der Waals surface area contributed by atoms with Crippen LogP contribution >= 0.6 is 0 Å². The van der Waals surface area contributed by atoms with Crippen molar-refractivity contribution in [2.45, 2.75) is 32.0 Å². The lowest BCUT2D eigenvalue weighted by Gasteiger charge is -2.38. The van der Waals surface area contributed by atoms with Crippen LogP contribution in [-0.2, 0) is 14.3 Å². The third-order valence-electron chi connectivity index (χ3n) is 3.58. The molecule has 0 aliphatic heterocycles. The number of ketones is 1.